The number of thiophene rings is 1. The van der Waals surface area contributed by atoms with Gasteiger partial charge in [-0.3, -0.25) is 4.79 Å². The summed E-state index contributed by atoms with van der Waals surface area (Å²) < 4.78 is 1.01. The number of anilines is 1. The summed E-state index contributed by atoms with van der Waals surface area (Å²) in [5.41, 5.74) is 8.65. The third-order valence-electron chi connectivity index (χ3n) is 3.06. The molecule has 106 valence electrons. The van der Waals surface area contributed by atoms with Crippen LogP contribution in [0.5, 0.6) is 0 Å². The normalized spacial score (nSPS) is 10.6. The van der Waals surface area contributed by atoms with Crippen molar-refractivity contribution in [2.24, 2.45) is 0 Å². The summed E-state index contributed by atoms with van der Waals surface area (Å²) in [6.07, 6.45) is 0. The molecule has 0 saturated heterocycles. The zero-order valence-corrected chi connectivity index (χ0v) is 13.9. The highest BCUT2D eigenvalue weighted by Gasteiger charge is 2.17. The van der Waals surface area contributed by atoms with Crippen molar-refractivity contribution < 1.29 is 4.79 Å². The van der Waals surface area contributed by atoms with Crippen LogP contribution in [0.3, 0.4) is 0 Å². The molecular weight excluding hydrogens is 336 g/mol. The second-order valence-electron chi connectivity index (χ2n) is 4.63. The lowest BCUT2D eigenvalue weighted by molar-refractivity contribution is 0.0757. The molecule has 0 aliphatic rings. The lowest BCUT2D eigenvalue weighted by Crippen LogP contribution is -2.29. The Hall–Kier alpha value is -1.33. The van der Waals surface area contributed by atoms with Gasteiger partial charge in [0.25, 0.3) is 5.91 Å². The molecule has 0 atom stereocenters. The molecule has 0 aliphatic carbocycles. The maximum Gasteiger partial charge on any atom is 0.264 e. The molecule has 0 bridgehead atoms. The van der Waals surface area contributed by atoms with Crippen molar-refractivity contribution in [1.29, 1.82) is 0 Å². The highest BCUT2D eigenvalue weighted by Crippen LogP contribution is 2.28. The first kappa shape index (κ1) is 15.1. The number of aryl methyl sites for hydroxylation is 1. The molecule has 2 aromatic rings. The molecule has 0 unspecified atom stereocenters. The minimum atomic E-state index is 0.0636. The molecule has 1 aromatic heterocycles. The van der Waals surface area contributed by atoms with E-state index in [-0.39, 0.29) is 5.91 Å². The minimum Gasteiger partial charge on any atom is -0.399 e. The van der Waals surface area contributed by atoms with Gasteiger partial charge >= 0.3 is 0 Å². The molecule has 0 spiro atoms. The number of hydrogen-bond donors (Lipinski definition) is 1. The topological polar surface area (TPSA) is 46.3 Å². The fourth-order valence-electron chi connectivity index (χ4n) is 1.96. The molecule has 0 fully saturated rings. The van der Waals surface area contributed by atoms with E-state index < -0.39 is 0 Å². The molecule has 2 N–H and O–H groups in total. The van der Waals surface area contributed by atoms with E-state index in [1.807, 2.05) is 49.1 Å². The van der Waals surface area contributed by atoms with E-state index in [4.69, 9.17) is 5.73 Å². The molecule has 2 rings (SSSR count). The standard InChI is InChI=1S/C15H17BrN2OS/c1-3-18(9-11-5-4-6-12(17)8-11)15(19)13-7-10(2)14(16)20-13/h4-8H,3,9,17H2,1-2H3. The number of amides is 1. The van der Waals surface area contributed by atoms with Crippen molar-refractivity contribution in [1.82, 2.24) is 4.90 Å². The molecule has 0 saturated carbocycles. The maximum atomic E-state index is 12.5. The Balaban J connectivity index is 2.17. The van der Waals surface area contributed by atoms with E-state index in [9.17, 15) is 4.79 Å². The van der Waals surface area contributed by atoms with Crippen LogP contribution in [0.1, 0.15) is 27.7 Å². The monoisotopic (exact) mass is 352 g/mol. The van der Waals surface area contributed by atoms with Crippen LogP contribution in [0.2, 0.25) is 0 Å². The van der Waals surface area contributed by atoms with E-state index in [2.05, 4.69) is 15.9 Å². The Labute approximate surface area is 131 Å². The first-order chi connectivity index (χ1) is 9.51. The number of carbonyl (C=O) groups is 1. The van der Waals surface area contributed by atoms with Crippen molar-refractivity contribution in [3.8, 4) is 0 Å². The Morgan fingerprint density at radius 2 is 2.15 bits per heavy atom. The number of carbonyl (C=O) groups excluding carboxylic acids is 1. The molecular formula is C15H17BrN2OS. The van der Waals surface area contributed by atoms with E-state index in [0.29, 0.717) is 13.1 Å². The largest absolute Gasteiger partial charge is 0.399 e. The number of rotatable bonds is 4. The van der Waals surface area contributed by atoms with E-state index in [1.54, 1.807) is 0 Å². The van der Waals surface area contributed by atoms with Crippen molar-refractivity contribution in [3.63, 3.8) is 0 Å². The van der Waals surface area contributed by atoms with Gasteiger partial charge in [0.15, 0.2) is 0 Å². The Kier molecular flexibility index (Phi) is 4.83. The van der Waals surface area contributed by atoms with Crippen LogP contribution in [0.15, 0.2) is 34.1 Å². The maximum absolute atomic E-state index is 12.5. The van der Waals surface area contributed by atoms with Gasteiger partial charge in [0.2, 0.25) is 0 Å². The van der Waals surface area contributed by atoms with Gasteiger partial charge in [0, 0.05) is 18.8 Å². The summed E-state index contributed by atoms with van der Waals surface area (Å²) in [6, 6.07) is 9.59. The van der Waals surface area contributed by atoms with Gasteiger partial charge in [-0.25, -0.2) is 0 Å². The lowest BCUT2D eigenvalue weighted by atomic mass is 10.2. The highest BCUT2D eigenvalue weighted by molar-refractivity contribution is 9.11. The van der Waals surface area contributed by atoms with Crippen molar-refractivity contribution in [3.05, 3.63) is 50.1 Å². The van der Waals surface area contributed by atoms with Crippen LogP contribution in [0, 0.1) is 6.92 Å². The van der Waals surface area contributed by atoms with Gasteiger partial charge in [0.1, 0.15) is 0 Å². The molecule has 20 heavy (non-hydrogen) atoms. The van der Waals surface area contributed by atoms with Crippen molar-refractivity contribution in [2.75, 3.05) is 12.3 Å². The molecule has 5 heteroatoms. The van der Waals surface area contributed by atoms with Crippen molar-refractivity contribution >= 4 is 38.9 Å². The van der Waals surface area contributed by atoms with Gasteiger partial charge in [-0.2, -0.15) is 0 Å². The van der Waals surface area contributed by atoms with Gasteiger partial charge in [-0.1, -0.05) is 12.1 Å². The van der Waals surface area contributed by atoms with Crippen LogP contribution in [0.25, 0.3) is 0 Å². The number of halogens is 1. The predicted molar refractivity (Wildman–Crippen MR) is 88.0 cm³/mol. The minimum absolute atomic E-state index is 0.0636. The summed E-state index contributed by atoms with van der Waals surface area (Å²) in [4.78, 5) is 15.1. The lowest BCUT2D eigenvalue weighted by Gasteiger charge is -2.20. The molecule has 1 heterocycles. The number of nitrogen functional groups attached to an aromatic ring is 1. The summed E-state index contributed by atoms with van der Waals surface area (Å²) in [5.74, 6) is 0.0636. The third-order valence-corrected chi connectivity index (χ3v) is 5.19. The van der Waals surface area contributed by atoms with E-state index in [0.717, 1.165) is 25.5 Å². The highest BCUT2D eigenvalue weighted by atomic mass is 79.9. The molecule has 0 radical (unpaired) electrons. The number of nitrogens with zero attached hydrogens (tertiary/aromatic N) is 1. The Bertz CT molecular complexity index is 605. The van der Waals surface area contributed by atoms with E-state index in [1.165, 1.54) is 11.3 Å². The molecule has 1 amide bonds. The summed E-state index contributed by atoms with van der Waals surface area (Å²) in [7, 11) is 0. The summed E-state index contributed by atoms with van der Waals surface area (Å²) >= 11 is 4.94. The van der Waals surface area contributed by atoms with Gasteiger partial charge in [-0.15, -0.1) is 11.3 Å². The fraction of sp³-hybridized carbons (Fsp3) is 0.267. The van der Waals surface area contributed by atoms with Crippen LogP contribution in [-0.2, 0) is 6.54 Å². The van der Waals surface area contributed by atoms with Gasteiger partial charge < -0.3 is 10.6 Å². The smallest absolute Gasteiger partial charge is 0.264 e. The average molecular weight is 353 g/mol. The number of hydrogen-bond acceptors (Lipinski definition) is 3. The summed E-state index contributed by atoms with van der Waals surface area (Å²) in [6.45, 7) is 5.22. The molecule has 1 aromatic carbocycles. The first-order valence-corrected chi connectivity index (χ1v) is 8.01. The van der Waals surface area contributed by atoms with Crippen LogP contribution >= 0.6 is 27.3 Å². The Morgan fingerprint density at radius 1 is 1.40 bits per heavy atom. The quantitative estimate of drug-likeness (QED) is 0.843. The number of nitrogens with two attached hydrogens (primary N) is 1. The molecule has 0 aliphatic heterocycles. The second-order valence-corrected chi connectivity index (χ2v) is 7.00. The van der Waals surface area contributed by atoms with Gasteiger partial charge in [-0.05, 0) is 59.1 Å². The van der Waals surface area contributed by atoms with Crippen LogP contribution in [-0.4, -0.2) is 17.4 Å². The fourth-order valence-corrected chi connectivity index (χ4v) is 3.46. The second kappa shape index (κ2) is 6.41. The zero-order chi connectivity index (χ0) is 14.7. The molecule has 3 nitrogen and oxygen atoms in total. The van der Waals surface area contributed by atoms with Gasteiger partial charge in [0.05, 0.1) is 8.66 Å². The van der Waals surface area contributed by atoms with Crippen LogP contribution in [0.4, 0.5) is 5.69 Å². The first-order valence-electron chi connectivity index (χ1n) is 6.41. The van der Waals surface area contributed by atoms with E-state index >= 15 is 0 Å². The SMILES string of the molecule is CCN(Cc1cccc(N)c1)C(=O)c1cc(C)c(Br)s1. The number of benzene rings is 1. The van der Waals surface area contributed by atoms with Crippen LogP contribution < -0.4 is 5.73 Å². The Morgan fingerprint density at radius 3 is 2.70 bits per heavy atom. The van der Waals surface area contributed by atoms with Crippen molar-refractivity contribution in [2.45, 2.75) is 20.4 Å². The summed E-state index contributed by atoms with van der Waals surface area (Å²) in [5, 5.41) is 0. The third kappa shape index (κ3) is 3.41. The predicted octanol–water partition coefficient (Wildman–Crippen LogP) is 4.06. The zero-order valence-electron chi connectivity index (χ0n) is 11.5. The average Bonchev–Trinajstić information content (AvgIpc) is 2.75.